The van der Waals surface area contributed by atoms with Gasteiger partial charge in [0, 0.05) is 17.2 Å². The molecule has 36 heavy (non-hydrogen) atoms. The van der Waals surface area contributed by atoms with Crippen molar-refractivity contribution in [3.8, 4) is 17.0 Å². The number of nitrogens with one attached hydrogen (secondary N) is 3. The maximum absolute atomic E-state index is 13.2. The van der Waals surface area contributed by atoms with E-state index in [1.54, 1.807) is 0 Å². The number of guanidine groups is 1. The smallest absolute Gasteiger partial charge is 0.257 e. The Morgan fingerprint density at radius 2 is 1.69 bits per heavy atom. The molecule has 0 bridgehead atoms. The predicted octanol–water partition coefficient (Wildman–Crippen LogP) is 5.79. The molecule has 0 saturated heterocycles. The summed E-state index contributed by atoms with van der Waals surface area (Å²) in [7, 11) is 0. The van der Waals surface area contributed by atoms with Crippen molar-refractivity contribution >= 4 is 17.7 Å². The fraction of sp³-hybridized carbons (Fsp3) is 0.179. The minimum absolute atomic E-state index is 0.225. The number of hydrogen-bond acceptors (Lipinski definition) is 4. The molecule has 184 valence electrons. The SMILES string of the molecule is CC(C)(C)N=C(NC(=O)c1ccc(F)cc1)Nc1cc(-c2ccccc2OCc2ccccc2)[nH]n1. The number of aromatic nitrogens is 2. The Bertz CT molecular complexity index is 1340. The number of aliphatic imine (C=N–C) groups is 1. The molecule has 0 atom stereocenters. The number of rotatable bonds is 6. The number of hydrogen-bond donors (Lipinski definition) is 3. The molecular formula is C28H28FN5O2. The van der Waals surface area contributed by atoms with Crippen molar-refractivity contribution in [3.05, 3.63) is 102 Å². The first-order valence-corrected chi connectivity index (χ1v) is 11.5. The van der Waals surface area contributed by atoms with Gasteiger partial charge in [0.2, 0.25) is 5.96 Å². The van der Waals surface area contributed by atoms with Crippen LogP contribution in [0.3, 0.4) is 0 Å². The highest BCUT2D eigenvalue weighted by atomic mass is 19.1. The maximum atomic E-state index is 13.2. The van der Waals surface area contributed by atoms with E-state index in [4.69, 9.17) is 4.74 Å². The molecule has 0 spiro atoms. The number of halogens is 1. The Kier molecular flexibility index (Phi) is 7.44. The lowest BCUT2D eigenvalue weighted by Gasteiger charge is -2.17. The normalized spacial score (nSPS) is 11.7. The summed E-state index contributed by atoms with van der Waals surface area (Å²) in [4.78, 5) is 17.3. The molecule has 8 heteroatoms. The van der Waals surface area contributed by atoms with Crippen molar-refractivity contribution < 1.29 is 13.9 Å². The van der Waals surface area contributed by atoms with E-state index in [9.17, 15) is 9.18 Å². The van der Waals surface area contributed by atoms with Crippen LogP contribution in [0.4, 0.5) is 10.2 Å². The fourth-order valence-corrected chi connectivity index (χ4v) is 3.40. The van der Waals surface area contributed by atoms with Gasteiger partial charge in [0.15, 0.2) is 5.82 Å². The minimum Gasteiger partial charge on any atom is -0.488 e. The molecule has 1 heterocycles. The summed E-state index contributed by atoms with van der Waals surface area (Å²) in [6.07, 6.45) is 0. The highest BCUT2D eigenvalue weighted by molar-refractivity contribution is 6.09. The van der Waals surface area contributed by atoms with E-state index in [0.29, 0.717) is 23.7 Å². The van der Waals surface area contributed by atoms with Gasteiger partial charge in [-0.1, -0.05) is 42.5 Å². The van der Waals surface area contributed by atoms with E-state index in [2.05, 4.69) is 25.8 Å². The lowest BCUT2D eigenvalue weighted by molar-refractivity contribution is 0.0976. The molecule has 4 aromatic rings. The van der Waals surface area contributed by atoms with Crippen molar-refractivity contribution in [1.29, 1.82) is 0 Å². The lowest BCUT2D eigenvalue weighted by Crippen LogP contribution is -2.38. The van der Waals surface area contributed by atoms with E-state index in [1.165, 1.54) is 24.3 Å². The van der Waals surface area contributed by atoms with E-state index in [-0.39, 0.29) is 5.96 Å². The van der Waals surface area contributed by atoms with Crippen LogP contribution in [0.1, 0.15) is 36.7 Å². The average Bonchev–Trinajstić information content (AvgIpc) is 3.31. The largest absolute Gasteiger partial charge is 0.488 e. The van der Waals surface area contributed by atoms with Gasteiger partial charge in [0.1, 0.15) is 18.2 Å². The van der Waals surface area contributed by atoms with Gasteiger partial charge in [-0.25, -0.2) is 9.38 Å². The molecule has 4 rings (SSSR count). The Hall–Kier alpha value is -4.46. The highest BCUT2D eigenvalue weighted by Crippen LogP contribution is 2.30. The van der Waals surface area contributed by atoms with Crippen molar-refractivity contribution in [2.75, 3.05) is 5.32 Å². The van der Waals surface area contributed by atoms with Crippen LogP contribution in [0.5, 0.6) is 5.75 Å². The zero-order valence-corrected chi connectivity index (χ0v) is 20.4. The summed E-state index contributed by atoms with van der Waals surface area (Å²) in [5.41, 5.74) is 2.49. The first kappa shape index (κ1) is 24.7. The van der Waals surface area contributed by atoms with Crippen molar-refractivity contribution in [2.45, 2.75) is 32.9 Å². The first-order valence-electron chi connectivity index (χ1n) is 11.5. The second kappa shape index (κ2) is 10.9. The van der Waals surface area contributed by atoms with Crippen molar-refractivity contribution in [3.63, 3.8) is 0 Å². The van der Waals surface area contributed by atoms with E-state index >= 15 is 0 Å². The summed E-state index contributed by atoms with van der Waals surface area (Å²) in [6.45, 7) is 6.17. The molecular weight excluding hydrogens is 457 g/mol. The number of aromatic amines is 1. The number of carbonyl (C=O) groups is 1. The predicted molar refractivity (Wildman–Crippen MR) is 139 cm³/mol. The molecule has 0 aliphatic carbocycles. The summed E-state index contributed by atoms with van der Waals surface area (Å²) in [5.74, 6) is 0.574. The van der Waals surface area contributed by atoms with Crippen LogP contribution in [0, 0.1) is 5.82 Å². The Labute approximate surface area is 209 Å². The molecule has 3 aromatic carbocycles. The number of anilines is 1. The Morgan fingerprint density at radius 3 is 2.42 bits per heavy atom. The third-order valence-electron chi connectivity index (χ3n) is 5.02. The van der Waals surface area contributed by atoms with Gasteiger partial charge >= 0.3 is 0 Å². The fourth-order valence-electron chi connectivity index (χ4n) is 3.40. The third kappa shape index (κ3) is 6.79. The molecule has 7 nitrogen and oxygen atoms in total. The standard InChI is InChI=1S/C28H28FN5O2/c1-28(2,3)32-27(31-26(35)20-13-15-21(29)16-14-20)30-25-17-23(33-34-25)22-11-7-8-12-24(22)36-18-19-9-5-4-6-10-19/h4-17H,18H2,1-3H3,(H3,30,31,32,33,34,35). The second-order valence-corrected chi connectivity index (χ2v) is 9.15. The number of para-hydroxylation sites is 1. The van der Waals surface area contributed by atoms with E-state index in [1.807, 2.05) is 81.4 Å². The topological polar surface area (TPSA) is 91.4 Å². The highest BCUT2D eigenvalue weighted by Gasteiger charge is 2.16. The number of ether oxygens (including phenoxy) is 1. The molecule has 0 aliphatic heterocycles. The van der Waals surface area contributed by atoms with Gasteiger partial charge in [-0.05, 0) is 62.7 Å². The van der Waals surface area contributed by atoms with Crippen LogP contribution in [-0.2, 0) is 6.61 Å². The summed E-state index contributed by atoms with van der Waals surface area (Å²) in [5, 5.41) is 13.2. The molecule has 0 saturated carbocycles. The molecule has 3 N–H and O–H groups in total. The second-order valence-electron chi connectivity index (χ2n) is 9.15. The van der Waals surface area contributed by atoms with Gasteiger partial charge < -0.3 is 10.1 Å². The molecule has 1 aromatic heterocycles. The quantitative estimate of drug-likeness (QED) is 0.238. The average molecular weight is 486 g/mol. The van der Waals surface area contributed by atoms with Gasteiger partial charge in [-0.3, -0.25) is 15.2 Å². The van der Waals surface area contributed by atoms with Gasteiger partial charge in [0.25, 0.3) is 5.91 Å². The summed E-state index contributed by atoms with van der Waals surface area (Å²) in [6, 6.07) is 24.7. The molecule has 0 radical (unpaired) electrons. The van der Waals surface area contributed by atoms with Crippen LogP contribution < -0.4 is 15.4 Å². The molecule has 0 aliphatic rings. The number of H-pyrrole nitrogens is 1. The van der Waals surface area contributed by atoms with E-state index in [0.717, 1.165) is 16.8 Å². The molecule has 1 amide bonds. The monoisotopic (exact) mass is 485 g/mol. The number of benzene rings is 3. The number of amides is 1. The lowest BCUT2D eigenvalue weighted by atomic mass is 10.1. The third-order valence-corrected chi connectivity index (χ3v) is 5.02. The molecule has 0 fully saturated rings. The number of carbonyl (C=O) groups excluding carboxylic acids is 1. The minimum atomic E-state index is -0.477. The summed E-state index contributed by atoms with van der Waals surface area (Å²) < 4.78 is 19.3. The van der Waals surface area contributed by atoms with Crippen LogP contribution in [0.15, 0.2) is 89.9 Å². The van der Waals surface area contributed by atoms with Crippen LogP contribution >= 0.6 is 0 Å². The van der Waals surface area contributed by atoms with Gasteiger partial charge in [-0.2, -0.15) is 5.10 Å². The first-order chi connectivity index (χ1) is 17.3. The van der Waals surface area contributed by atoms with Crippen LogP contribution in [0.2, 0.25) is 0 Å². The zero-order valence-electron chi connectivity index (χ0n) is 20.4. The van der Waals surface area contributed by atoms with Crippen molar-refractivity contribution in [1.82, 2.24) is 15.5 Å². The molecule has 0 unspecified atom stereocenters. The van der Waals surface area contributed by atoms with Gasteiger partial charge in [-0.15, -0.1) is 0 Å². The zero-order chi connectivity index (χ0) is 25.5. The summed E-state index contributed by atoms with van der Waals surface area (Å²) >= 11 is 0. The van der Waals surface area contributed by atoms with Crippen LogP contribution in [0.25, 0.3) is 11.3 Å². The van der Waals surface area contributed by atoms with Crippen molar-refractivity contribution in [2.24, 2.45) is 4.99 Å². The number of nitrogens with zero attached hydrogens (tertiary/aromatic N) is 2. The van der Waals surface area contributed by atoms with E-state index < -0.39 is 17.3 Å². The van der Waals surface area contributed by atoms with Crippen LogP contribution in [-0.4, -0.2) is 27.6 Å². The Morgan fingerprint density at radius 1 is 1.00 bits per heavy atom. The van der Waals surface area contributed by atoms with Gasteiger partial charge in [0.05, 0.1) is 11.2 Å². The Balaban J connectivity index is 1.52. The maximum Gasteiger partial charge on any atom is 0.257 e.